The summed E-state index contributed by atoms with van der Waals surface area (Å²) < 4.78 is 18.7. The fourth-order valence-electron chi connectivity index (χ4n) is 4.43. The Morgan fingerprint density at radius 1 is 0.953 bits per heavy atom. The summed E-state index contributed by atoms with van der Waals surface area (Å²) in [6, 6.07) is 15.5. The zero-order valence-electron chi connectivity index (χ0n) is 24.1. The first kappa shape index (κ1) is 29.6. The van der Waals surface area contributed by atoms with E-state index >= 15 is 0 Å². The van der Waals surface area contributed by atoms with Gasteiger partial charge < -0.3 is 29.0 Å². The number of hydrogen-bond donors (Lipinski definition) is 1. The first-order valence-corrected chi connectivity index (χ1v) is 13.7. The van der Waals surface area contributed by atoms with Gasteiger partial charge >= 0.3 is 0 Å². The van der Waals surface area contributed by atoms with Crippen molar-refractivity contribution in [3.8, 4) is 34.1 Å². The molecule has 0 aliphatic rings. The molecule has 10 nitrogen and oxygen atoms in total. The van der Waals surface area contributed by atoms with Crippen LogP contribution < -0.4 is 25.0 Å². The molecule has 0 atom stereocenters. The number of nitrogens with zero attached hydrogens (tertiary/aromatic N) is 4. The Morgan fingerprint density at radius 3 is 2.37 bits per heavy atom. The van der Waals surface area contributed by atoms with Crippen molar-refractivity contribution < 1.29 is 19.0 Å². The SMILES string of the molecule is COc1cc2nccc(Oc3ccc(NC(=O)c4cn(CCN(C)C)cc(-c5ccc(Cl)cc5)c4=O)nc3)c2cc1OC. The molecule has 5 aromatic rings. The van der Waals surface area contributed by atoms with E-state index in [1.54, 1.807) is 87.4 Å². The van der Waals surface area contributed by atoms with Crippen LogP contribution in [0.15, 0.2) is 84.2 Å². The zero-order valence-corrected chi connectivity index (χ0v) is 24.9. The number of carbonyl (C=O) groups excluding carboxylic acids is 1. The van der Waals surface area contributed by atoms with E-state index in [0.717, 1.165) is 11.9 Å². The van der Waals surface area contributed by atoms with Gasteiger partial charge in [-0.2, -0.15) is 0 Å². The molecule has 220 valence electrons. The van der Waals surface area contributed by atoms with E-state index in [1.165, 1.54) is 6.20 Å². The van der Waals surface area contributed by atoms with Gasteiger partial charge in [-0.1, -0.05) is 23.7 Å². The quantitative estimate of drug-likeness (QED) is 0.217. The summed E-state index contributed by atoms with van der Waals surface area (Å²) >= 11 is 6.05. The molecule has 11 heteroatoms. The third-order valence-corrected chi connectivity index (χ3v) is 6.95. The molecule has 0 unspecified atom stereocenters. The average molecular weight is 600 g/mol. The predicted molar refractivity (Wildman–Crippen MR) is 167 cm³/mol. The zero-order chi connectivity index (χ0) is 30.5. The lowest BCUT2D eigenvalue weighted by Crippen LogP contribution is -2.26. The summed E-state index contributed by atoms with van der Waals surface area (Å²) in [6.07, 6.45) is 6.44. The van der Waals surface area contributed by atoms with Crippen molar-refractivity contribution in [1.82, 2.24) is 19.4 Å². The highest BCUT2D eigenvalue weighted by Gasteiger charge is 2.18. The van der Waals surface area contributed by atoms with Gasteiger partial charge in [0.15, 0.2) is 11.5 Å². The molecule has 0 aliphatic carbocycles. The normalized spacial score (nSPS) is 11.0. The molecule has 0 radical (unpaired) electrons. The number of halogens is 1. The van der Waals surface area contributed by atoms with Gasteiger partial charge in [0, 0.05) is 53.7 Å². The number of ether oxygens (including phenoxy) is 3. The summed E-state index contributed by atoms with van der Waals surface area (Å²) in [6.45, 7) is 1.31. The van der Waals surface area contributed by atoms with Crippen molar-refractivity contribution in [3.05, 3.63) is 100 Å². The molecule has 2 aromatic carbocycles. The molecule has 3 heterocycles. The van der Waals surface area contributed by atoms with Crippen LogP contribution in [0, 0.1) is 0 Å². The van der Waals surface area contributed by atoms with Gasteiger partial charge in [-0.3, -0.25) is 14.6 Å². The van der Waals surface area contributed by atoms with Gasteiger partial charge in [0.25, 0.3) is 5.91 Å². The van der Waals surface area contributed by atoms with Gasteiger partial charge in [-0.05, 0) is 56.1 Å². The maximum atomic E-state index is 13.4. The second kappa shape index (κ2) is 12.9. The number of aromatic nitrogens is 3. The molecule has 0 spiro atoms. The number of pyridine rings is 3. The van der Waals surface area contributed by atoms with E-state index in [2.05, 4.69) is 15.3 Å². The maximum Gasteiger partial charge on any atom is 0.262 e. The molecular weight excluding hydrogens is 570 g/mol. The Bertz CT molecular complexity index is 1820. The third-order valence-electron chi connectivity index (χ3n) is 6.70. The minimum absolute atomic E-state index is 0.000892. The lowest BCUT2D eigenvalue weighted by atomic mass is 10.0. The molecule has 0 bridgehead atoms. The fraction of sp³-hybridized carbons (Fsp3) is 0.188. The molecule has 5 rings (SSSR count). The van der Waals surface area contributed by atoms with E-state index in [0.29, 0.717) is 51.2 Å². The Morgan fingerprint density at radius 2 is 1.70 bits per heavy atom. The summed E-state index contributed by atoms with van der Waals surface area (Å²) in [4.78, 5) is 37.5. The number of benzene rings is 2. The molecule has 3 aromatic heterocycles. The van der Waals surface area contributed by atoms with Gasteiger partial charge in [0.05, 0.1) is 25.9 Å². The second-order valence-corrected chi connectivity index (χ2v) is 10.4. The number of methoxy groups -OCH3 is 2. The van der Waals surface area contributed by atoms with Gasteiger partial charge in [0.2, 0.25) is 5.43 Å². The Hall–Kier alpha value is -4.93. The van der Waals surface area contributed by atoms with Crippen LogP contribution in [0.5, 0.6) is 23.0 Å². The van der Waals surface area contributed by atoms with Crippen molar-refractivity contribution in [2.75, 3.05) is 40.2 Å². The highest BCUT2D eigenvalue weighted by molar-refractivity contribution is 6.30. The molecule has 1 amide bonds. The predicted octanol–water partition coefficient (Wildman–Crippen LogP) is 5.74. The number of rotatable bonds is 10. The fourth-order valence-corrected chi connectivity index (χ4v) is 4.56. The number of amides is 1. The number of hydrogen-bond acceptors (Lipinski definition) is 8. The van der Waals surface area contributed by atoms with E-state index in [1.807, 2.05) is 23.6 Å². The van der Waals surface area contributed by atoms with Crippen LogP contribution in [0.25, 0.3) is 22.0 Å². The third kappa shape index (κ3) is 6.77. The first-order chi connectivity index (χ1) is 20.7. The van der Waals surface area contributed by atoms with Crippen LogP contribution in [0.3, 0.4) is 0 Å². The van der Waals surface area contributed by atoms with Crippen molar-refractivity contribution in [3.63, 3.8) is 0 Å². The number of fused-ring (bicyclic) bond motifs is 1. The molecular formula is C32H30ClN5O5. The van der Waals surface area contributed by atoms with Crippen molar-refractivity contribution in [2.45, 2.75) is 6.54 Å². The highest BCUT2D eigenvalue weighted by atomic mass is 35.5. The smallest absolute Gasteiger partial charge is 0.262 e. The first-order valence-electron chi connectivity index (χ1n) is 13.4. The Labute approximate surface area is 253 Å². The molecule has 0 saturated carbocycles. The highest BCUT2D eigenvalue weighted by Crippen LogP contribution is 2.36. The lowest BCUT2D eigenvalue weighted by molar-refractivity contribution is 0.102. The maximum absolute atomic E-state index is 13.4. The molecule has 0 fully saturated rings. The lowest BCUT2D eigenvalue weighted by Gasteiger charge is -2.15. The van der Waals surface area contributed by atoms with Gasteiger partial charge in [0.1, 0.15) is 22.9 Å². The van der Waals surface area contributed by atoms with E-state index in [9.17, 15) is 9.59 Å². The van der Waals surface area contributed by atoms with Gasteiger partial charge in [-0.15, -0.1) is 0 Å². The van der Waals surface area contributed by atoms with E-state index < -0.39 is 11.3 Å². The minimum atomic E-state index is -0.568. The van der Waals surface area contributed by atoms with Crippen LogP contribution in [0.4, 0.5) is 5.82 Å². The summed E-state index contributed by atoms with van der Waals surface area (Å²) in [5.74, 6) is 1.79. The van der Waals surface area contributed by atoms with Crippen LogP contribution in [0.2, 0.25) is 5.02 Å². The minimum Gasteiger partial charge on any atom is -0.493 e. The van der Waals surface area contributed by atoms with Crippen molar-refractivity contribution >= 4 is 34.2 Å². The van der Waals surface area contributed by atoms with Crippen LogP contribution >= 0.6 is 11.6 Å². The molecule has 0 saturated heterocycles. The summed E-state index contributed by atoms with van der Waals surface area (Å²) in [5.41, 5.74) is 1.35. The number of anilines is 1. The largest absolute Gasteiger partial charge is 0.493 e. The summed E-state index contributed by atoms with van der Waals surface area (Å²) in [5, 5.41) is 4.02. The Kier molecular flexibility index (Phi) is 8.89. The number of carbonyl (C=O) groups is 1. The molecule has 1 N–H and O–H groups in total. The molecule has 43 heavy (non-hydrogen) atoms. The van der Waals surface area contributed by atoms with E-state index in [-0.39, 0.29) is 11.4 Å². The number of nitrogens with one attached hydrogen (secondary N) is 1. The topological polar surface area (TPSA) is 108 Å². The van der Waals surface area contributed by atoms with Crippen LogP contribution in [0.1, 0.15) is 10.4 Å². The second-order valence-electron chi connectivity index (χ2n) is 9.93. The average Bonchev–Trinajstić information content (AvgIpc) is 3.01. The number of likely N-dealkylation sites (N-methyl/N-ethyl adjacent to an activating group) is 1. The standard InChI is InChI=1S/C32H30ClN5O5/c1-37(2)13-14-38-18-24(20-5-7-21(33)8-6-20)31(39)25(19-38)32(40)36-30-10-9-22(17-35-30)43-27-11-12-34-26-16-29(42-4)28(41-3)15-23(26)27/h5-12,15-19H,13-14H2,1-4H3,(H,35,36,40). The van der Waals surface area contributed by atoms with Gasteiger partial charge in [-0.25, -0.2) is 4.98 Å². The summed E-state index contributed by atoms with van der Waals surface area (Å²) in [7, 11) is 7.04. The van der Waals surface area contributed by atoms with Crippen molar-refractivity contribution in [1.29, 1.82) is 0 Å². The van der Waals surface area contributed by atoms with Crippen LogP contribution in [-0.2, 0) is 6.54 Å². The van der Waals surface area contributed by atoms with Crippen LogP contribution in [-0.4, -0.2) is 60.2 Å². The monoisotopic (exact) mass is 599 g/mol. The van der Waals surface area contributed by atoms with Crippen molar-refractivity contribution in [2.24, 2.45) is 0 Å². The van der Waals surface area contributed by atoms with E-state index in [4.69, 9.17) is 25.8 Å². The molecule has 0 aliphatic heterocycles. The Balaban J connectivity index is 1.38.